The van der Waals surface area contributed by atoms with Gasteiger partial charge in [0, 0.05) is 38.6 Å². The van der Waals surface area contributed by atoms with Crippen molar-refractivity contribution in [3.63, 3.8) is 0 Å². The number of hydrogen-bond acceptors (Lipinski definition) is 5. The average molecular weight is 764 g/mol. The van der Waals surface area contributed by atoms with Gasteiger partial charge in [-0.05, 0) is 68.2 Å². The molecule has 2 aromatic carbocycles. The van der Waals surface area contributed by atoms with Crippen LogP contribution in [0.2, 0.25) is 10.0 Å². The maximum absolute atomic E-state index is 13.7. The third-order valence-electron chi connectivity index (χ3n) is 9.93. The zero-order chi connectivity index (χ0) is 37.5. The topological polar surface area (TPSA) is 91.3 Å². The molecule has 16 heteroatoms. The van der Waals surface area contributed by atoms with Gasteiger partial charge >= 0.3 is 12.4 Å². The Labute approximate surface area is 302 Å². The van der Waals surface area contributed by atoms with Gasteiger partial charge in [0.05, 0.1) is 49.9 Å². The van der Waals surface area contributed by atoms with Crippen molar-refractivity contribution in [1.29, 1.82) is 0 Å². The number of aromatic nitrogens is 2. The number of fused-ring (bicyclic) bond motifs is 1. The Hall–Kier alpha value is -3.39. The molecule has 2 heterocycles. The van der Waals surface area contributed by atoms with Crippen LogP contribution >= 0.6 is 23.2 Å². The van der Waals surface area contributed by atoms with Crippen LogP contribution in [0.3, 0.4) is 0 Å². The van der Waals surface area contributed by atoms with Crippen molar-refractivity contribution in [2.24, 2.45) is 30.2 Å². The SMILES string of the molecule is Cn1c(Nc2c(Cl)ccc(CNC(=O)C(C)(C)C)c2Cl)nc2cc(C(=O)NCC3CCC(C(F)(F)F)CC3)c(N3CCC(C(F)(F)F)CC3)cc21. The minimum Gasteiger partial charge on any atom is -0.371 e. The highest BCUT2D eigenvalue weighted by atomic mass is 35.5. The van der Waals surface area contributed by atoms with Gasteiger partial charge in [-0.2, -0.15) is 26.3 Å². The van der Waals surface area contributed by atoms with E-state index in [1.54, 1.807) is 61.6 Å². The number of nitrogens with zero attached hydrogens (tertiary/aromatic N) is 3. The molecule has 2 amide bonds. The smallest absolute Gasteiger partial charge is 0.371 e. The summed E-state index contributed by atoms with van der Waals surface area (Å²) >= 11 is 13.3. The van der Waals surface area contributed by atoms with Gasteiger partial charge in [-0.1, -0.05) is 50.0 Å². The van der Waals surface area contributed by atoms with E-state index in [0.717, 1.165) is 0 Å². The summed E-state index contributed by atoms with van der Waals surface area (Å²) in [5, 5.41) is 9.45. The minimum atomic E-state index is -4.32. The highest BCUT2D eigenvalue weighted by Crippen LogP contribution is 2.41. The predicted molar refractivity (Wildman–Crippen MR) is 187 cm³/mol. The number of carbonyl (C=O) groups excluding carboxylic acids is 2. The van der Waals surface area contributed by atoms with E-state index in [1.165, 1.54) is 0 Å². The zero-order valence-corrected chi connectivity index (χ0v) is 30.3. The Bertz CT molecular complexity index is 1750. The summed E-state index contributed by atoms with van der Waals surface area (Å²) in [4.78, 5) is 32.6. The Kier molecular flexibility index (Phi) is 11.4. The van der Waals surface area contributed by atoms with Gasteiger partial charge in [-0.25, -0.2) is 4.98 Å². The summed E-state index contributed by atoms with van der Waals surface area (Å²) in [5.41, 5.74) is 1.96. The summed E-state index contributed by atoms with van der Waals surface area (Å²) in [6, 6.07) is 6.63. The van der Waals surface area contributed by atoms with Crippen molar-refractivity contribution >= 4 is 63.4 Å². The molecule has 1 saturated carbocycles. The van der Waals surface area contributed by atoms with Crippen LogP contribution in [0.15, 0.2) is 24.3 Å². The number of amides is 2. The maximum atomic E-state index is 13.7. The van der Waals surface area contributed by atoms with Crippen molar-refractivity contribution in [2.75, 3.05) is 29.9 Å². The summed E-state index contributed by atoms with van der Waals surface area (Å²) in [6.07, 6.45) is -8.17. The molecule has 0 unspecified atom stereocenters. The molecule has 1 aliphatic heterocycles. The lowest BCUT2D eigenvalue weighted by molar-refractivity contribution is -0.183. The summed E-state index contributed by atoms with van der Waals surface area (Å²) in [7, 11) is 1.73. The predicted octanol–water partition coefficient (Wildman–Crippen LogP) is 9.16. The van der Waals surface area contributed by atoms with Crippen molar-refractivity contribution in [3.05, 3.63) is 45.4 Å². The van der Waals surface area contributed by atoms with Gasteiger partial charge in [0.2, 0.25) is 11.9 Å². The molecule has 0 atom stereocenters. The number of alkyl halides is 6. The number of rotatable bonds is 8. The molecule has 1 aliphatic carbocycles. The molecule has 1 saturated heterocycles. The minimum absolute atomic E-state index is 0.00159. The molecule has 8 nitrogen and oxygen atoms in total. The van der Waals surface area contributed by atoms with E-state index >= 15 is 0 Å². The van der Waals surface area contributed by atoms with E-state index in [0.29, 0.717) is 46.8 Å². The van der Waals surface area contributed by atoms with E-state index in [1.807, 2.05) is 0 Å². The Morgan fingerprint density at radius 2 is 1.49 bits per heavy atom. The van der Waals surface area contributed by atoms with Crippen LogP contribution in [0.5, 0.6) is 0 Å². The first-order valence-electron chi connectivity index (χ1n) is 16.9. The van der Waals surface area contributed by atoms with Crippen LogP contribution in [-0.4, -0.2) is 53.4 Å². The lowest BCUT2D eigenvalue weighted by atomic mass is 9.81. The number of benzene rings is 2. The molecule has 2 aliphatic rings. The zero-order valence-electron chi connectivity index (χ0n) is 28.8. The second kappa shape index (κ2) is 14.9. The standard InChI is InChI=1S/C35H42Cl2F6N6O2/c1-33(2,3)31(51)45-18-20-7-10-24(36)29(28(20)37)47-32-46-25-15-23(30(50)44-17-19-5-8-21(9-6-19)34(38,39)40)26(16-27(25)48(32)4)49-13-11-22(12-14-49)35(41,42)43/h7,10,15-16,19,21-22H,5-6,8-9,11-14,17-18H2,1-4H3,(H,44,50)(H,45,51)(H,46,47). The third kappa shape index (κ3) is 8.98. The van der Waals surface area contributed by atoms with E-state index in [4.69, 9.17) is 28.2 Å². The van der Waals surface area contributed by atoms with Crippen LogP contribution < -0.4 is 20.9 Å². The second-order valence-corrected chi connectivity index (χ2v) is 15.4. The molecule has 51 heavy (non-hydrogen) atoms. The summed E-state index contributed by atoms with van der Waals surface area (Å²) in [5.74, 6) is -3.25. The quantitative estimate of drug-likeness (QED) is 0.199. The maximum Gasteiger partial charge on any atom is 0.391 e. The number of hydrogen-bond donors (Lipinski definition) is 3. The van der Waals surface area contributed by atoms with Crippen molar-refractivity contribution in [3.8, 4) is 0 Å². The number of piperidine rings is 1. The van der Waals surface area contributed by atoms with Gasteiger partial charge in [-0.3, -0.25) is 9.59 Å². The third-order valence-corrected chi connectivity index (χ3v) is 10.7. The van der Waals surface area contributed by atoms with Gasteiger partial charge in [0.25, 0.3) is 5.91 Å². The molecular weight excluding hydrogens is 721 g/mol. The lowest BCUT2D eigenvalue weighted by Crippen LogP contribution is -2.40. The van der Waals surface area contributed by atoms with E-state index in [2.05, 4.69) is 16.0 Å². The molecule has 2 fully saturated rings. The van der Waals surface area contributed by atoms with Gasteiger partial charge in [0.1, 0.15) is 0 Å². The summed E-state index contributed by atoms with van der Waals surface area (Å²) < 4.78 is 81.7. The Morgan fingerprint density at radius 1 is 0.882 bits per heavy atom. The van der Waals surface area contributed by atoms with Crippen LogP contribution in [0.1, 0.15) is 75.2 Å². The van der Waals surface area contributed by atoms with Crippen molar-refractivity contribution < 1.29 is 35.9 Å². The average Bonchev–Trinajstić information content (AvgIpc) is 3.37. The van der Waals surface area contributed by atoms with Crippen LogP contribution in [0.4, 0.5) is 43.7 Å². The molecule has 3 aromatic rings. The van der Waals surface area contributed by atoms with Gasteiger partial charge in [0.15, 0.2) is 0 Å². The number of carbonyl (C=O) groups is 2. The Balaban J connectivity index is 1.42. The second-order valence-electron chi connectivity index (χ2n) is 14.6. The first-order valence-corrected chi connectivity index (χ1v) is 17.7. The largest absolute Gasteiger partial charge is 0.391 e. The molecule has 0 bridgehead atoms. The summed E-state index contributed by atoms with van der Waals surface area (Å²) in [6.45, 7) is 5.86. The molecule has 0 spiro atoms. The van der Waals surface area contributed by atoms with E-state index in [-0.39, 0.29) is 79.3 Å². The number of halogens is 8. The molecule has 5 rings (SSSR count). The fourth-order valence-corrected chi connectivity index (χ4v) is 7.19. The molecule has 1 aromatic heterocycles. The van der Waals surface area contributed by atoms with Crippen molar-refractivity contribution in [2.45, 2.75) is 78.2 Å². The molecule has 0 radical (unpaired) electrons. The van der Waals surface area contributed by atoms with E-state index < -0.39 is 35.5 Å². The monoisotopic (exact) mass is 762 g/mol. The van der Waals surface area contributed by atoms with Crippen molar-refractivity contribution in [1.82, 2.24) is 20.2 Å². The highest BCUT2D eigenvalue weighted by Gasteiger charge is 2.42. The van der Waals surface area contributed by atoms with E-state index in [9.17, 15) is 35.9 Å². The highest BCUT2D eigenvalue weighted by molar-refractivity contribution is 6.39. The van der Waals surface area contributed by atoms with Gasteiger partial charge < -0.3 is 25.4 Å². The number of aryl methyl sites for hydroxylation is 1. The lowest BCUT2D eigenvalue weighted by Gasteiger charge is -2.35. The first-order chi connectivity index (χ1) is 23.7. The number of anilines is 3. The fraction of sp³-hybridized carbons (Fsp3) is 0.571. The number of imidazole rings is 1. The molecule has 280 valence electrons. The fourth-order valence-electron chi connectivity index (χ4n) is 6.66. The normalized spacial score (nSPS) is 19.3. The van der Waals surface area contributed by atoms with Crippen LogP contribution in [-0.2, 0) is 18.4 Å². The Morgan fingerprint density at radius 3 is 2.08 bits per heavy atom. The van der Waals surface area contributed by atoms with Crippen LogP contribution in [0, 0.1) is 23.2 Å². The van der Waals surface area contributed by atoms with Gasteiger partial charge in [-0.15, -0.1) is 0 Å². The van der Waals surface area contributed by atoms with Crippen LogP contribution in [0.25, 0.3) is 11.0 Å². The first kappa shape index (κ1) is 38.8. The molecular formula is C35H42Cl2F6N6O2. The molecule has 3 N–H and O–H groups in total. The number of nitrogens with one attached hydrogen (secondary N) is 3.